The van der Waals surface area contributed by atoms with Gasteiger partial charge in [0.1, 0.15) is 0 Å². The lowest BCUT2D eigenvalue weighted by atomic mass is 10.2. The molecule has 26 heavy (non-hydrogen) atoms. The number of rotatable bonds is 5. The summed E-state index contributed by atoms with van der Waals surface area (Å²) in [5, 5.41) is 0.589. The lowest BCUT2D eigenvalue weighted by molar-refractivity contribution is 0.348. The minimum absolute atomic E-state index is 0.0304. The van der Waals surface area contributed by atoms with Gasteiger partial charge in [-0.3, -0.25) is 0 Å². The summed E-state index contributed by atoms with van der Waals surface area (Å²) >= 11 is 0. The minimum atomic E-state index is -3.58. The first kappa shape index (κ1) is 18.8. The van der Waals surface area contributed by atoms with Crippen LogP contribution in [0.5, 0.6) is 0 Å². The van der Waals surface area contributed by atoms with Crippen LogP contribution in [0, 0.1) is 0 Å². The van der Waals surface area contributed by atoms with E-state index in [2.05, 4.69) is 4.98 Å². The third-order valence-corrected chi connectivity index (χ3v) is 8.28. The second-order valence-corrected chi connectivity index (χ2v) is 10.2. The van der Waals surface area contributed by atoms with Gasteiger partial charge in [-0.05, 0) is 24.5 Å². The molecule has 0 spiro atoms. The molecule has 0 N–H and O–H groups in total. The monoisotopic (exact) mass is 395 g/mol. The molecule has 0 amide bonds. The summed E-state index contributed by atoms with van der Waals surface area (Å²) in [5.74, 6) is 0. The Hall–Kier alpha value is -1.97. The standard InChI is InChI=1S/C17H21N3O4S2/c1-19-13-10-18-17(19)26(23,24)16-7-11-20(12-8-16)25(21,22)14-9-15-5-3-2-4-6-15/h2-6,9-10,13-14,16H,7-8,11-12H2,1H3/b14-9+. The van der Waals surface area contributed by atoms with Crippen LogP contribution in [0.2, 0.25) is 0 Å². The molecule has 0 unspecified atom stereocenters. The number of sulfonamides is 1. The molecule has 7 nitrogen and oxygen atoms in total. The normalized spacial score (nSPS) is 17.7. The first-order valence-electron chi connectivity index (χ1n) is 8.25. The molecule has 2 aromatic rings. The minimum Gasteiger partial charge on any atom is -0.325 e. The quantitative estimate of drug-likeness (QED) is 0.768. The summed E-state index contributed by atoms with van der Waals surface area (Å²) in [6, 6.07) is 9.16. The van der Waals surface area contributed by atoms with Gasteiger partial charge in [-0.25, -0.2) is 21.8 Å². The van der Waals surface area contributed by atoms with E-state index in [9.17, 15) is 16.8 Å². The number of benzene rings is 1. The molecule has 9 heteroatoms. The van der Waals surface area contributed by atoms with Gasteiger partial charge in [0.15, 0.2) is 0 Å². The van der Waals surface area contributed by atoms with Gasteiger partial charge in [-0.15, -0.1) is 0 Å². The maximum absolute atomic E-state index is 12.7. The first-order chi connectivity index (χ1) is 12.3. The summed E-state index contributed by atoms with van der Waals surface area (Å²) in [6.45, 7) is 0.353. The van der Waals surface area contributed by atoms with Crippen LogP contribution in [0.25, 0.3) is 6.08 Å². The molecule has 0 radical (unpaired) electrons. The Morgan fingerprint density at radius 1 is 1.08 bits per heavy atom. The molecule has 0 bridgehead atoms. The van der Waals surface area contributed by atoms with Gasteiger partial charge in [0.25, 0.3) is 0 Å². The Labute approximate surface area is 153 Å². The molecule has 1 aromatic carbocycles. The van der Waals surface area contributed by atoms with E-state index in [1.807, 2.05) is 30.3 Å². The lowest BCUT2D eigenvalue weighted by Gasteiger charge is -2.29. The SMILES string of the molecule is Cn1ccnc1S(=O)(=O)C1CCN(S(=O)(=O)/C=C/c2ccccc2)CC1. The van der Waals surface area contributed by atoms with E-state index in [4.69, 9.17) is 0 Å². The summed E-state index contributed by atoms with van der Waals surface area (Å²) in [7, 11) is -5.50. The summed E-state index contributed by atoms with van der Waals surface area (Å²) < 4.78 is 53.1. The number of aryl methyl sites for hydroxylation is 1. The molecule has 2 heterocycles. The summed E-state index contributed by atoms with van der Waals surface area (Å²) in [4.78, 5) is 3.93. The number of piperidine rings is 1. The predicted molar refractivity (Wildman–Crippen MR) is 99.4 cm³/mol. The van der Waals surface area contributed by atoms with Gasteiger partial charge in [-0.2, -0.15) is 4.31 Å². The fraction of sp³-hybridized carbons (Fsp3) is 0.353. The van der Waals surface area contributed by atoms with Gasteiger partial charge in [-0.1, -0.05) is 30.3 Å². The molecule has 1 fully saturated rings. The molecule has 1 aliphatic rings. The molecular formula is C17H21N3O4S2. The fourth-order valence-corrected chi connectivity index (χ4v) is 6.01. The zero-order chi connectivity index (χ0) is 18.8. The molecule has 1 aliphatic heterocycles. The highest BCUT2D eigenvalue weighted by atomic mass is 32.2. The van der Waals surface area contributed by atoms with E-state index in [1.54, 1.807) is 19.3 Å². The molecular weight excluding hydrogens is 374 g/mol. The van der Waals surface area contributed by atoms with Crippen molar-refractivity contribution < 1.29 is 16.8 Å². The van der Waals surface area contributed by atoms with Crippen LogP contribution >= 0.6 is 0 Å². The molecule has 3 rings (SSSR count). The number of aromatic nitrogens is 2. The van der Waals surface area contributed by atoms with Crippen molar-refractivity contribution >= 4 is 25.9 Å². The van der Waals surface area contributed by atoms with Crippen molar-refractivity contribution in [3.05, 3.63) is 53.7 Å². The highest BCUT2D eigenvalue weighted by Crippen LogP contribution is 2.25. The summed E-state index contributed by atoms with van der Waals surface area (Å²) in [5.41, 5.74) is 0.795. The smallest absolute Gasteiger partial charge is 0.236 e. The van der Waals surface area contributed by atoms with Crippen molar-refractivity contribution in [2.75, 3.05) is 13.1 Å². The van der Waals surface area contributed by atoms with Crippen molar-refractivity contribution in [1.82, 2.24) is 13.9 Å². The second kappa shape index (κ2) is 7.34. The lowest BCUT2D eigenvalue weighted by Crippen LogP contribution is -2.42. The molecule has 1 aromatic heterocycles. The van der Waals surface area contributed by atoms with Crippen molar-refractivity contribution in [3.63, 3.8) is 0 Å². The van der Waals surface area contributed by atoms with Crippen LogP contribution in [0.15, 0.2) is 53.3 Å². The average molecular weight is 396 g/mol. The molecule has 0 saturated carbocycles. The molecule has 140 valence electrons. The molecule has 0 aliphatic carbocycles. The predicted octanol–water partition coefficient (Wildman–Crippen LogP) is 1.66. The third kappa shape index (κ3) is 3.89. The number of sulfone groups is 1. The van der Waals surface area contributed by atoms with Crippen molar-refractivity contribution in [2.24, 2.45) is 7.05 Å². The Balaban J connectivity index is 1.68. The van der Waals surface area contributed by atoms with E-state index < -0.39 is 25.1 Å². The Morgan fingerprint density at radius 3 is 2.31 bits per heavy atom. The number of nitrogens with zero attached hydrogens (tertiary/aromatic N) is 3. The number of hydrogen-bond acceptors (Lipinski definition) is 5. The van der Waals surface area contributed by atoms with Crippen LogP contribution in [0.4, 0.5) is 0 Å². The maximum atomic E-state index is 12.7. The van der Waals surface area contributed by atoms with E-state index >= 15 is 0 Å². The van der Waals surface area contributed by atoms with Crippen LogP contribution in [0.3, 0.4) is 0 Å². The highest BCUT2D eigenvalue weighted by molar-refractivity contribution is 7.92. The van der Waals surface area contributed by atoms with Gasteiger partial charge in [0.2, 0.25) is 25.0 Å². The largest absolute Gasteiger partial charge is 0.325 e. The second-order valence-electron chi connectivity index (χ2n) is 6.22. The Morgan fingerprint density at radius 2 is 1.73 bits per heavy atom. The van der Waals surface area contributed by atoms with Crippen LogP contribution in [-0.2, 0) is 26.9 Å². The zero-order valence-electron chi connectivity index (χ0n) is 14.4. The number of imidazole rings is 1. The highest BCUT2D eigenvalue weighted by Gasteiger charge is 2.36. The van der Waals surface area contributed by atoms with Crippen LogP contribution < -0.4 is 0 Å². The van der Waals surface area contributed by atoms with Crippen LogP contribution in [-0.4, -0.2) is 49.0 Å². The number of hydrogen-bond donors (Lipinski definition) is 0. The van der Waals surface area contributed by atoms with E-state index in [0.717, 1.165) is 5.56 Å². The van der Waals surface area contributed by atoms with E-state index in [0.29, 0.717) is 0 Å². The topological polar surface area (TPSA) is 89.3 Å². The molecule has 0 atom stereocenters. The summed E-state index contributed by atoms with van der Waals surface area (Å²) in [6.07, 6.45) is 5.09. The van der Waals surface area contributed by atoms with Gasteiger partial charge < -0.3 is 4.57 Å². The van der Waals surface area contributed by atoms with Crippen LogP contribution in [0.1, 0.15) is 18.4 Å². The van der Waals surface area contributed by atoms with Crippen molar-refractivity contribution in [3.8, 4) is 0 Å². The van der Waals surface area contributed by atoms with Crippen molar-refractivity contribution in [2.45, 2.75) is 23.2 Å². The Bertz CT molecular complexity index is 988. The van der Waals surface area contributed by atoms with Gasteiger partial charge >= 0.3 is 0 Å². The van der Waals surface area contributed by atoms with E-state index in [1.165, 1.54) is 20.5 Å². The average Bonchev–Trinajstić information content (AvgIpc) is 3.08. The first-order valence-corrected chi connectivity index (χ1v) is 11.3. The molecule has 1 saturated heterocycles. The Kier molecular flexibility index (Phi) is 5.31. The van der Waals surface area contributed by atoms with Gasteiger partial charge in [0.05, 0.1) is 5.25 Å². The maximum Gasteiger partial charge on any atom is 0.236 e. The van der Waals surface area contributed by atoms with E-state index in [-0.39, 0.29) is 31.1 Å². The van der Waals surface area contributed by atoms with Gasteiger partial charge in [0, 0.05) is 37.9 Å². The van der Waals surface area contributed by atoms with Crippen molar-refractivity contribution in [1.29, 1.82) is 0 Å². The fourth-order valence-electron chi connectivity index (χ4n) is 2.99. The zero-order valence-corrected chi connectivity index (χ0v) is 16.0. The third-order valence-electron chi connectivity index (χ3n) is 4.46.